The molecule has 1 aromatic carbocycles. The molecule has 6 amide bonds. The van der Waals surface area contributed by atoms with Crippen LogP contribution in [0.2, 0.25) is 0 Å². The molecule has 0 radical (unpaired) electrons. The molecule has 0 unspecified atom stereocenters. The molecule has 10 heteroatoms. The number of nitrogens with one attached hydrogen (secondary N) is 3. The van der Waals surface area contributed by atoms with E-state index in [9.17, 15) is 24.0 Å². The number of amides is 6. The molecule has 1 saturated carbocycles. The van der Waals surface area contributed by atoms with E-state index >= 15 is 0 Å². The van der Waals surface area contributed by atoms with E-state index in [0.29, 0.717) is 12.0 Å². The van der Waals surface area contributed by atoms with E-state index < -0.39 is 48.0 Å². The zero-order chi connectivity index (χ0) is 22.6. The van der Waals surface area contributed by atoms with E-state index in [4.69, 9.17) is 4.74 Å². The Kier molecular flexibility index (Phi) is 6.57. The molecular formula is C21H26N4O6. The Balaban J connectivity index is 1.73. The highest BCUT2D eigenvalue weighted by Gasteiger charge is 2.55. The quantitative estimate of drug-likeness (QED) is 0.475. The summed E-state index contributed by atoms with van der Waals surface area (Å²) in [7, 11) is 1.34. The van der Waals surface area contributed by atoms with Gasteiger partial charge in [-0.2, -0.15) is 0 Å². The maximum Gasteiger partial charge on any atom is 0.327 e. The molecule has 31 heavy (non-hydrogen) atoms. The van der Waals surface area contributed by atoms with Gasteiger partial charge in [-0.25, -0.2) is 9.59 Å². The Labute approximate surface area is 179 Å². The zero-order valence-corrected chi connectivity index (χ0v) is 17.5. The third kappa shape index (κ3) is 4.52. The molecule has 1 aliphatic heterocycles. The van der Waals surface area contributed by atoms with E-state index in [1.807, 2.05) is 6.92 Å². The van der Waals surface area contributed by atoms with Crippen LogP contribution in [0.15, 0.2) is 30.3 Å². The molecule has 2 aliphatic rings. The molecule has 10 nitrogen and oxygen atoms in total. The summed E-state index contributed by atoms with van der Waals surface area (Å²) < 4.78 is 5.30. The summed E-state index contributed by atoms with van der Waals surface area (Å²) >= 11 is 0. The minimum absolute atomic E-state index is 0.0471. The number of hydrogen-bond acceptors (Lipinski definition) is 6. The number of benzene rings is 1. The van der Waals surface area contributed by atoms with Crippen molar-refractivity contribution in [2.75, 3.05) is 13.6 Å². The number of urea groups is 2. The van der Waals surface area contributed by atoms with Gasteiger partial charge in [-0.3, -0.25) is 24.6 Å². The van der Waals surface area contributed by atoms with Crippen LogP contribution in [0.4, 0.5) is 9.59 Å². The Morgan fingerprint density at radius 3 is 2.58 bits per heavy atom. The van der Waals surface area contributed by atoms with Crippen molar-refractivity contribution in [1.82, 2.24) is 20.9 Å². The van der Waals surface area contributed by atoms with Crippen molar-refractivity contribution < 1.29 is 28.7 Å². The molecule has 3 rings (SSSR count). The molecule has 0 bridgehead atoms. The molecule has 3 N–H and O–H groups in total. The van der Waals surface area contributed by atoms with Gasteiger partial charge in [0.25, 0.3) is 11.8 Å². The number of esters is 1. The molecule has 3 atom stereocenters. The van der Waals surface area contributed by atoms with Gasteiger partial charge in [0.15, 0.2) is 0 Å². The lowest BCUT2D eigenvalue weighted by Gasteiger charge is -2.36. The van der Waals surface area contributed by atoms with Crippen LogP contribution < -0.4 is 16.0 Å². The predicted octanol–water partition coefficient (Wildman–Crippen LogP) is 1.23. The highest BCUT2D eigenvalue weighted by molar-refractivity contribution is 6.09. The fraction of sp³-hybridized carbons (Fsp3) is 0.476. The lowest BCUT2D eigenvalue weighted by molar-refractivity contribution is -0.158. The Morgan fingerprint density at radius 2 is 1.94 bits per heavy atom. The van der Waals surface area contributed by atoms with Gasteiger partial charge in [0, 0.05) is 12.6 Å². The van der Waals surface area contributed by atoms with Crippen molar-refractivity contribution in [1.29, 1.82) is 0 Å². The standard InChI is InChI=1S/C21H26N4O6/c1-13-8-6-7-11-21(13)18(28)25(20(30)24-21)12-15(26)31-16(14-9-4-3-5-10-14)17(27)23-19(29)22-2/h3-5,9-10,13,16H,6-8,11-12H2,1-2H3,(H,24,30)(H2,22,23,27,29)/t13-,16-,21+/m0/s1. The Morgan fingerprint density at radius 1 is 1.23 bits per heavy atom. The molecule has 1 heterocycles. The number of carbonyl (C=O) groups is 5. The SMILES string of the molecule is CNC(=O)NC(=O)[C@@H](OC(=O)CN1C(=O)N[C@@]2(CCCC[C@@H]2C)C1=O)c1ccccc1. The summed E-state index contributed by atoms with van der Waals surface area (Å²) in [6, 6.07) is 6.73. The Hall–Kier alpha value is -3.43. The fourth-order valence-electron chi connectivity index (χ4n) is 4.08. The largest absolute Gasteiger partial charge is 0.446 e. The predicted molar refractivity (Wildman–Crippen MR) is 108 cm³/mol. The van der Waals surface area contributed by atoms with Crippen molar-refractivity contribution >= 4 is 29.8 Å². The van der Waals surface area contributed by atoms with Crippen molar-refractivity contribution in [3.8, 4) is 0 Å². The van der Waals surface area contributed by atoms with Crippen LogP contribution in [-0.2, 0) is 19.1 Å². The maximum atomic E-state index is 13.0. The monoisotopic (exact) mass is 430 g/mol. The normalized spacial score (nSPS) is 23.8. The second-order valence-electron chi connectivity index (χ2n) is 7.79. The van der Waals surface area contributed by atoms with E-state index in [2.05, 4.69) is 16.0 Å². The second-order valence-corrected chi connectivity index (χ2v) is 7.79. The highest BCUT2D eigenvalue weighted by Crippen LogP contribution is 2.38. The summed E-state index contributed by atoms with van der Waals surface area (Å²) in [6.45, 7) is 1.28. The first-order chi connectivity index (χ1) is 14.8. The average molecular weight is 430 g/mol. The minimum atomic E-state index is -1.42. The lowest BCUT2D eigenvalue weighted by Crippen LogP contribution is -2.54. The summed E-state index contributed by atoms with van der Waals surface area (Å²) in [5.41, 5.74) is -0.655. The van der Waals surface area contributed by atoms with E-state index in [-0.39, 0.29) is 5.92 Å². The number of hydrogen-bond donors (Lipinski definition) is 3. The van der Waals surface area contributed by atoms with Crippen molar-refractivity contribution in [3.63, 3.8) is 0 Å². The first-order valence-corrected chi connectivity index (χ1v) is 10.2. The highest BCUT2D eigenvalue weighted by atomic mass is 16.5. The van der Waals surface area contributed by atoms with E-state index in [1.165, 1.54) is 7.05 Å². The molecule has 0 aromatic heterocycles. The van der Waals surface area contributed by atoms with Gasteiger partial charge in [0.2, 0.25) is 6.10 Å². The van der Waals surface area contributed by atoms with Crippen LogP contribution >= 0.6 is 0 Å². The number of ether oxygens (including phenoxy) is 1. The summed E-state index contributed by atoms with van der Waals surface area (Å²) in [6.07, 6.45) is 1.69. The minimum Gasteiger partial charge on any atom is -0.446 e. The number of nitrogens with zero attached hydrogens (tertiary/aromatic N) is 1. The average Bonchev–Trinajstić information content (AvgIpc) is 2.99. The fourth-order valence-corrected chi connectivity index (χ4v) is 4.08. The van der Waals surface area contributed by atoms with Gasteiger partial charge in [-0.1, -0.05) is 50.1 Å². The number of imide groups is 2. The lowest BCUT2D eigenvalue weighted by atomic mass is 9.73. The Bertz CT molecular complexity index is 889. The van der Waals surface area contributed by atoms with Crippen LogP contribution in [-0.4, -0.2) is 53.9 Å². The summed E-state index contributed by atoms with van der Waals surface area (Å²) in [4.78, 5) is 62.9. The van der Waals surface area contributed by atoms with Crippen LogP contribution in [0, 0.1) is 5.92 Å². The number of carbonyl (C=O) groups excluding carboxylic acids is 5. The summed E-state index contributed by atoms with van der Waals surface area (Å²) in [5, 5.41) is 7.08. The summed E-state index contributed by atoms with van der Waals surface area (Å²) in [5.74, 6) is -2.29. The van der Waals surface area contributed by atoms with E-state index in [1.54, 1.807) is 30.3 Å². The molecule has 166 valence electrons. The molecule has 1 spiro atoms. The van der Waals surface area contributed by atoms with Gasteiger partial charge < -0.3 is 15.4 Å². The van der Waals surface area contributed by atoms with Crippen LogP contribution in [0.25, 0.3) is 0 Å². The van der Waals surface area contributed by atoms with Crippen LogP contribution in [0.3, 0.4) is 0 Å². The van der Waals surface area contributed by atoms with Gasteiger partial charge >= 0.3 is 18.0 Å². The second kappa shape index (κ2) is 9.15. The topological polar surface area (TPSA) is 134 Å². The molecule has 1 aliphatic carbocycles. The first-order valence-electron chi connectivity index (χ1n) is 10.2. The van der Waals surface area contributed by atoms with Gasteiger partial charge in [0.05, 0.1) is 0 Å². The third-order valence-electron chi connectivity index (χ3n) is 5.84. The van der Waals surface area contributed by atoms with Crippen molar-refractivity contribution in [3.05, 3.63) is 35.9 Å². The molecule has 1 saturated heterocycles. The zero-order valence-electron chi connectivity index (χ0n) is 17.5. The molecular weight excluding hydrogens is 404 g/mol. The van der Waals surface area contributed by atoms with Gasteiger partial charge in [-0.05, 0) is 18.8 Å². The third-order valence-corrected chi connectivity index (χ3v) is 5.84. The maximum absolute atomic E-state index is 13.0. The van der Waals surface area contributed by atoms with E-state index in [0.717, 1.165) is 24.2 Å². The smallest absolute Gasteiger partial charge is 0.327 e. The molecule has 2 fully saturated rings. The van der Waals surface area contributed by atoms with Gasteiger partial charge in [-0.15, -0.1) is 0 Å². The van der Waals surface area contributed by atoms with Crippen LogP contribution in [0.1, 0.15) is 44.3 Å². The van der Waals surface area contributed by atoms with Crippen molar-refractivity contribution in [2.45, 2.75) is 44.2 Å². The molecule has 1 aromatic rings. The van der Waals surface area contributed by atoms with Crippen molar-refractivity contribution in [2.24, 2.45) is 5.92 Å². The van der Waals surface area contributed by atoms with Crippen LogP contribution in [0.5, 0.6) is 0 Å². The number of rotatable bonds is 5. The first kappa shape index (κ1) is 22.3. The van der Waals surface area contributed by atoms with Gasteiger partial charge in [0.1, 0.15) is 12.1 Å².